The van der Waals surface area contributed by atoms with Gasteiger partial charge in [-0.3, -0.25) is 4.79 Å². The summed E-state index contributed by atoms with van der Waals surface area (Å²) in [7, 11) is 0. The van der Waals surface area contributed by atoms with E-state index in [1.807, 2.05) is 0 Å². The molecule has 0 aromatic heterocycles. The van der Waals surface area contributed by atoms with Crippen LogP contribution in [0.1, 0.15) is 116 Å². The van der Waals surface area contributed by atoms with E-state index in [9.17, 15) is 14.7 Å². The molecule has 0 amide bonds. The quantitative estimate of drug-likeness (QED) is 0.196. The van der Waals surface area contributed by atoms with Crippen LogP contribution in [-0.4, -0.2) is 18.5 Å². The minimum Gasteiger partial charge on any atom is -0.550 e. The third kappa shape index (κ3) is 23.9. The number of carbonyl (C=O) groups excluding carboxylic acids is 2. The summed E-state index contributed by atoms with van der Waals surface area (Å²) in [5.41, 5.74) is 0. The molecule has 4 nitrogen and oxygen atoms in total. The molecule has 0 aliphatic carbocycles. The molecular weight excluding hydrogens is 339 g/mol. The third-order valence-corrected chi connectivity index (χ3v) is 4.55. The zero-order chi connectivity index (χ0) is 18.6. The van der Waals surface area contributed by atoms with E-state index in [4.69, 9.17) is 4.74 Å². The van der Waals surface area contributed by atoms with Crippen molar-refractivity contribution < 1.29 is 49.0 Å². The number of esters is 1. The van der Waals surface area contributed by atoms with Crippen molar-refractivity contribution in [3.8, 4) is 0 Å². The maximum Gasteiger partial charge on any atom is 1.00 e. The molecule has 148 valence electrons. The number of hydrogen-bond acceptors (Lipinski definition) is 4. The van der Waals surface area contributed by atoms with Crippen LogP contribution < -0.4 is 34.7 Å². The Kier molecular flexibility index (Phi) is 24.9. The van der Waals surface area contributed by atoms with E-state index in [1.54, 1.807) is 0 Å². The molecule has 0 N–H and O–H groups in total. The summed E-state index contributed by atoms with van der Waals surface area (Å²) in [5, 5.41) is 10.2. The Hall–Kier alpha value is -0.0600. The van der Waals surface area contributed by atoms with Crippen molar-refractivity contribution in [2.45, 2.75) is 116 Å². The molecule has 0 unspecified atom stereocenters. The van der Waals surface area contributed by atoms with E-state index >= 15 is 0 Å². The fraction of sp³-hybridized carbons (Fsp3) is 0.905. The topological polar surface area (TPSA) is 66.4 Å². The van der Waals surface area contributed by atoms with Gasteiger partial charge >= 0.3 is 35.5 Å². The molecule has 26 heavy (non-hydrogen) atoms. The second kappa shape index (κ2) is 23.0. The maximum atomic E-state index is 11.3. The van der Waals surface area contributed by atoms with E-state index in [-0.39, 0.29) is 48.6 Å². The molecular formula is C21H39NaO4. The molecule has 0 aliphatic rings. The summed E-state index contributed by atoms with van der Waals surface area (Å²) in [6, 6.07) is 0. The van der Waals surface area contributed by atoms with Crippen LogP contribution >= 0.6 is 0 Å². The summed E-state index contributed by atoms with van der Waals surface area (Å²) < 4.78 is 4.81. The second-order valence-corrected chi connectivity index (χ2v) is 7.04. The van der Waals surface area contributed by atoms with Gasteiger partial charge in [-0.2, -0.15) is 0 Å². The molecule has 0 atom stereocenters. The van der Waals surface area contributed by atoms with Gasteiger partial charge in [0.15, 0.2) is 0 Å². The van der Waals surface area contributed by atoms with E-state index in [0.29, 0.717) is 6.42 Å². The minimum absolute atomic E-state index is 0. The summed E-state index contributed by atoms with van der Waals surface area (Å²) in [5.74, 6) is -1.48. The molecule has 0 aromatic carbocycles. The van der Waals surface area contributed by atoms with Crippen LogP contribution in [-0.2, 0) is 14.3 Å². The fourth-order valence-electron chi connectivity index (χ4n) is 2.96. The summed E-state index contributed by atoms with van der Waals surface area (Å²) in [6.45, 7) is 2.19. The Labute approximate surface area is 183 Å². The van der Waals surface area contributed by atoms with Gasteiger partial charge in [-0.1, -0.05) is 96.8 Å². The van der Waals surface area contributed by atoms with E-state index < -0.39 is 5.97 Å². The molecule has 0 radical (unpaired) electrons. The first kappa shape index (κ1) is 28.2. The molecule has 0 bridgehead atoms. The van der Waals surface area contributed by atoms with Crippen LogP contribution in [0, 0.1) is 0 Å². The van der Waals surface area contributed by atoms with Gasteiger partial charge in [-0.05, 0) is 6.42 Å². The van der Waals surface area contributed by atoms with E-state index in [0.717, 1.165) is 12.8 Å². The summed E-state index contributed by atoms with van der Waals surface area (Å²) >= 11 is 0. The largest absolute Gasteiger partial charge is 1.00 e. The molecule has 5 heteroatoms. The maximum absolute atomic E-state index is 11.3. The number of carboxylic acid groups (broad SMARTS) is 1. The first-order valence-electron chi connectivity index (χ1n) is 10.5. The van der Waals surface area contributed by atoms with Crippen molar-refractivity contribution in [2.24, 2.45) is 0 Å². The third-order valence-electron chi connectivity index (χ3n) is 4.55. The Balaban J connectivity index is 0. The van der Waals surface area contributed by atoms with Gasteiger partial charge in [0.05, 0.1) is 6.61 Å². The van der Waals surface area contributed by atoms with Crippen LogP contribution in [0.25, 0.3) is 0 Å². The Morgan fingerprint density at radius 1 is 0.654 bits per heavy atom. The van der Waals surface area contributed by atoms with Gasteiger partial charge in [0.1, 0.15) is 0 Å². The van der Waals surface area contributed by atoms with Gasteiger partial charge in [0.2, 0.25) is 0 Å². The average molecular weight is 379 g/mol. The molecule has 0 heterocycles. The molecule has 0 spiro atoms. The van der Waals surface area contributed by atoms with Gasteiger partial charge in [-0.25, -0.2) is 0 Å². The van der Waals surface area contributed by atoms with Crippen LogP contribution in [0.3, 0.4) is 0 Å². The number of rotatable bonds is 19. The zero-order valence-electron chi connectivity index (χ0n) is 17.4. The Morgan fingerprint density at radius 2 is 1.04 bits per heavy atom. The van der Waals surface area contributed by atoms with Gasteiger partial charge in [0, 0.05) is 18.8 Å². The van der Waals surface area contributed by atoms with Crippen LogP contribution in [0.15, 0.2) is 0 Å². The van der Waals surface area contributed by atoms with Crippen molar-refractivity contribution in [1.29, 1.82) is 0 Å². The smallest absolute Gasteiger partial charge is 0.550 e. The van der Waals surface area contributed by atoms with Crippen molar-refractivity contribution >= 4 is 11.9 Å². The fourth-order valence-corrected chi connectivity index (χ4v) is 2.96. The monoisotopic (exact) mass is 378 g/mol. The number of hydrogen-bond donors (Lipinski definition) is 0. The molecule has 0 saturated carbocycles. The predicted octanol–water partition coefficient (Wildman–Crippen LogP) is 1.94. The summed E-state index contributed by atoms with van der Waals surface area (Å²) in [6.07, 6.45) is 19.6. The van der Waals surface area contributed by atoms with Gasteiger partial charge < -0.3 is 14.6 Å². The van der Waals surface area contributed by atoms with Crippen molar-refractivity contribution in [1.82, 2.24) is 0 Å². The first-order chi connectivity index (χ1) is 12.2. The number of carbonyl (C=O) groups is 2. The normalized spacial score (nSPS) is 10.3. The SMILES string of the molecule is CCCCCCCCCCCCCCCCCC(=O)OCCC(=O)[O-].[Na+]. The molecule has 0 saturated heterocycles. The number of aliphatic carboxylic acids is 1. The van der Waals surface area contributed by atoms with Crippen LogP contribution in [0.2, 0.25) is 0 Å². The molecule has 0 aromatic rings. The van der Waals surface area contributed by atoms with E-state index in [2.05, 4.69) is 6.92 Å². The van der Waals surface area contributed by atoms with Crippen molar-refractivity contribution in [3.63, 3.8) is 0 Å². The predicted molar refractivity (Wildman–Crippen MR) is 100 cm³/mol. The van der Waals surface area contributed by atoms with Crippen molar-refractivity contribution in [3.05, 3.63) is 0 Å². The average Bonchev–Trinajstić information content (AvgIpc) is 2.58. The molecule has 0 rings (SSSR count). The standard InChI is InChI=1S/C21H40O4.Na/c1-2-3-4-5-6-7-8-9-10-11-12-13-14-15-16-17-21(24)25-19-18-20(22)23;/h2-19H2,1H3,(H,22,23);/q;+1/p-1. The van der Waals surface area contributed by atoms with Crippen molar-refractivity contribution in [2.75, 3.05) is 6.61 Å². The van der Waals surface area contributed by atoms with Crippen LogP contribution in [0.5, 0.6) is 0 Å². The van der Waals surface area contributed by atoms with Gasteiger partial charge in [-0.15, -0.1) is 0 Å². The first-order valence-corrected chi connectivity index (χ1v) is 10.5. The molecule has 0 aliphatic heterocycles. The molecule has 0 fully saturated rings. The van der Waals surface area contributed by atoms with Crippen LogP contribution in [0.4, 0.5) is 0 Å². The Bertz CT molecular complexity index is 321. The number of ether oxygens (including phenoxy) is 1. The zero-order valence-corrected chi connectivity index (χ0v) is 19.4. The number of unbranched alkanes of at least 4 members (excludes halogenated alkanes) is 14. The van der Waals surface area contributed by atoms with E-state index in [1.165, 1.54) is 83.5 Å². The second-order valence-electron chi connectivity index (χ2n) is 7.04. The number of carboxylic acids is 1. The van der Waals surface area contributed by atoms with Gasteiger partial charge in [0.25, 0.3) is 0 Å². The summed E-state index contributed by atoms with van der Waals surface area (Å²) in [4.78, 5) is 21.5. The minimum atomic E-state index is -1.18. The Morgan fingerprint density at radius 3 is 1.42 bits per heavy atom.